The topological polar surface area (TPSA) is 55.2 Å². The summed E-state index contributed by atoms with van der Waals surface area (Å²) in [5.74, 6) is 0.658. The highest BCUT2D eigenvalue weighted by atomic mass is 16.5. The lowest BCUT2D eigenvalue weighted by Gasteiger charge is -2.28. The summed E-state index contributed by atoms with van der Waals surface area (Å²) in [4.78, 5) is 8.41. The van der Waals surface area contributed by atoms with Crippen LogP contribution in [0.25, 0.3) is 0 Å². The molecule has 0 bridgehead atoms. The number of rotatable bonds is 6. The maximum Gasteiger partial charge on any atom is 0.238 e. The van der Waals surface area contributed by atoms with Crippen LogP contribution in [-0.2, 0) is 0 Å². The van der Waals surface area contributed by atoms with Crippen LogP contribution >= 0.6 is 0 Å². The summed E-state index contributed by atoms with van der Waals surface area (Å²) in [6, 6.07) is 10.1. The van der Waals surface area contributed by atoms with Crippen molar-refractivity contribution in [2.24, 2.45) is 5.92 Å². The molecule has 1 heterocycles. The van der Waals surface area contributed by atoms with E-state index in [0.29, 0.717) is 17.5 Å². The van der Waals surface area contributed by atoms with E-state index in [2.05, 4.69) is 23.8 Å². The van der Waals surface area contributed by atoms with Gasteiger partial charge in [-0.1, -0.05) is 50.6 Å². The second kappa shape index (κ2) is 7.18. The van der Waals surface area contributed by atoms with Gasteiger partial charge in [0.25, 0.3) is 0 Å². The summed E-state index contributed by atoms with van der Waals surface area (Å²) in [6.07, 6.45) is 3.38. The molecule has 112 valence electrons. The molecule has 0 aliphatic carbocycles. The number of aromatic nitrogens is 2. The van der Waals surface area contributed by atoms with Crippen molar-refractivity contribution in [2.75, 3.05) is 7.11 Å². The van der Waals surface area contributed by atoms with Gasteiger partial charge in [-0.15, -0.1) is 0 Å². The molecule has 0 saturated carbocycles. The molecule has 0 aliphatic rings. The van der Waals surface area contributed by atoms with Gasteiger partial charge in [0.15, 0.2) is 0 Å². The predicted octanol–water partition coefficient (Wildman–Crippen LogP) is 3.35. The summed E-state index contributed by atoms with van der Waals surface area (Å²) in [5, 5.41) is 10.9. The zero-order valence-corrected chi connectivity index (χ0v) is 12.7. The molecule has 1 aromatic carbocycles. The Kier molecular flexibility index (Phi) is 5.28. The molecular formula is C17H22N2O2. The maximum absolute atomic E-state index is 10.9. The third-order valence-electron chi connectivity index (χ3n) is 3.95. The van der Waals surface area contributed by atoms with E-state index in [1.54, 1.807) is 19.5 Å². The molecule has 0 spiro atoms. The van der Waals surface area contributed by atoms with Crippen LogP contribution in [0.15, 0.2) is 42.7 Å². The Morgan fingerprint density at radius 1 is 1.14 bits per heavy atom. The lowest BCUT2D eigenvalue weighted by atomic mass is 9.80. The first kappa shape index (κ1) is 15.4. The number of aliphatic hydroxyl groups is 1. The molecule has 2 rings (SSSR count). The van der Waals surface area contributed by atoms with Gasteiger partial charge in [0.1, 0.15) is 11.8 Å². The van der Waals surface area contributed by atoms with E-state index >= 15 is 0 Å². The molecule has 0 radical (unpaired) electrons. The molecule has 4 heteroatoms. The van der Waals surface area contributed by atoms with Gasteiger partial charge in [0.05, 0.1) is 7.11 Å². The molecule has 1 N–H and O–H groups in total. The summed E-state index contributed by atoms with van der Waals surface area (Å²) >= 11 is 0. The number of hydrogen-bond donors (Lipinski definition) is 1. The third-order valence-corrected chi connectivity index (χ3v) is 3.95. The van der Waals surface area contributed by atoms with E-state index in [9.17, 15) is 5.11 Å². The molecule has 2 aromatic rings. The molecule has 21 heavy (non-hydrogen) atoms. The summed E-state index contributed by atoms with van der Waals surface area (Å²) in [5.41, 5.74) is 1.60. The fourth-order valence-electron chi connectivity index (χ4n) is 2.62. The van der Waals surface area contributed by atoms with Gasteiger partial charge in [-0.2, -0.15) is 0 Å². The van der Waals surface area contributed by atoms with E-state index in [-0.39, 0.29) is 5.92 Å². The molecule has 1 aromatic heterocycles. The van der Waals surface area contributed by atoms with Crippen LogP contribution < -0.4 is 4.74 Å². The summed E-state index contributed by atoms with van der Waals surface area (Å²) < 4.78 is 5.23. The van der Waals surface area contributed by atoms with Crippen LogP contribution in [-0.4, -0.2) is 22.2 Å². The van der Waals surface area contributed by atoms with Crippen LogP contribution in [0.4, 0.5) is 0 Å². The fourth-order valence-corrected chi connectivity index (χ4v) is 2.62. The minimum Gasteiger partial charge on any atom is -0.480 e. The monoisotopic (exact) mass is 286 g/mol. The number of aliphatic hydroxyl groups excluding tert-OH is 1. The number of benzene rings is 1. The average molecular weight is 286 g/mol. The van der Waals surface area contributed by atoms with E-state index in [0.717, 1.165) is 12.0 Å². The van der Waals surface area contributed by atoms with Gasteiger partial charge in [-0.25, -0.2) is 4.98 Å². The van der Waals surface area contributed by atoms with Crippen molar-refractivity contribution in [2.45, 2.75) is 32.3 Å². The molecular weight excluding hydrogens is 264 g/mol. The van der Waals surface area contributed by atoms with Gasteiger partial charge in [0, 0.05) is 18.3 Å². The van der Waals surface area contributed by atoms with Crippen molar-refractivity contribution in [3.63, 3.8) is 0 Å². The van der Waals surface area contributed by atoms with Crippen LogP contribution in [0, 0.1) is 5.92 Å². The largest absolute Gasteiger partial charge is 0.480 e. The van der Waals surface area contributed by atoms with E-state index in [1.807, 2.05) is 30.3 Å². The van der Waals surface area contributed by atoms with Crippen molar-refractivity contribution in [3.05, 3.63) is 54.0 Å². The van der Waals surface area contributed by atoms with Gasteiger partial charge >= 0.3 is 0 Å². The quantitative estimate of drug-likeness (QED) is 0.884. The second-order valence-electron chi connectivity index (χ2n) is 5.22. The zero-order chi connectivity index (χ0) is 15.2. The summed E-state index contributed by atoms with van der Waals surface area (Å²) in [6.45, 7) is 4.27. The van der Waals surface area contributed by atoms with Crippen molar-refractivity contribution in [1.29, 1.82) is 0 Å². The second-order valence-corrected chi connectivity index (χ2v) is 5.22. The first-order valence-corrected chi connectivity index (χ1v) is 7.26. The Balaban J connectivity index is 2.41. The molecule has 0 saturated heterocycles. The Morgan fingerprint density at radius 2 is 1.81 bits per heavy atom. The maximum atomic E-state index is 10.9. The molecule has 0 amide bonds. The Hall–Kier alpha value is -1.94. The molecule has 0 fully saturated rings. The smallest absolute Gasteiger partial charge is 0.238 e. The number of ether oxygens (including phenoxy) is 1. The van der Waals surface area contributed by atoms with E-state index in [1.165, 1.54) is 0 Å². The average Bonchev–Trinajstić information content (AvgIpc) is 2.55. The number of nitrogens with zero attached hydrogens (tertiary/aromatic N) is 2. The lowest BCUT2D eigenvalue weighted by Crippen LogP contribution is -2.20. The van der Waals surface area contributed by atoms with Gasteiger partial charge in [-0.05, 0) is 11.5 Å². The zero-order valence-electron chi connectivity index (χ0n) is 12.7. The highest BCUT2D eigenvalue weighted by Crippen LogP contribution is 2.39. The summed E-state index contributed by atoms with van der Waals surface area (Å²) in [7, 11) is 1.54. The highest BCUT2D eigenvalue weighted by Gasteiger charge is 2.30. The minimum absolute atomic E-state index is 0.0400. The van der Waals surface area contributed by atoms with Crippen LogP contribution in [0.2, 0.25) is 0 Å². The van der Waals surface area contributed by atoms with E-state index in [4.69, 9.17) is 4.74 Å². The van der Waals surface area contributed by atoms with Crippen molar-refractivity contribution in [3.8, 4) is 5.88 Å². The first-order valence-electron chi connectivity index (χ1n) is 7.26. The van der Waals surface area contributed by atoms with Crippen LogP contribution in [0.1, 0.15) is 43.5 Å². The number of hydrogen-bond acceptors (Lipinski definition) is 4. The van der Waals surface area contributed by atoms with Gasteiger partial charge in [-0.3, -0.25) is 4.98 Å². The molecule has 3 unspecified atom stereocenters. The van der Waals surface area contributed by atoms with Crippen molar-refractivity contribution >= 4 is 0 Å². The SMILES string of the molecule is CCC(C)C(c1ccccc1)C(O)c1nccnc1OC. The highest BCUT2D eigenvalue weighted by molar-refractivity contribution is 5.28. The van der Waals surface area contributed by atoms with Crippen molar-refractivity contribution < 1.29 is 9.84 Å². The fraction of sp³-hybridized carbons (Fsp3) is 0.412. The van der Waals surface area contributed by atoms with Gasteiger partial charge < -0.3 is 9.84 Å². The Bertz CT molecular complexity index is 560. The standard InChI is InChI=1S/C17H22N2O2/c1-4-12(2)14(13-8-6-5-7-9-13)16(20)15-17(21-3)19-11-10-18-15/h5-12,14,16,20H,4H2,1-3H3. The van der Waals surface area contributed by atoms with Crippen LogP contribution in [0.3, 0.4) is 0 Å². The molecule has 4 nitrogen and oxygen atoms in total. The molecule has 0 aliphatic heterocycles. The van der Waals surface area contributed by atoms with Gasteiger partial charge in [0.2, 0.25) is 5.88 Å². The number of methoxy groups -OCH3 is 1. The lowest BCUT2D eigenvalue weighted by molar-refractivity contribution is 0.110. The third kappa shape index (κ3) is 3.39. The first-order chi connectivity index (χ1) is 10.2. The molecule has 3 atom stereocenters. The normalized spacial score (nSPS) is 15.2. The van der Waals surface area contributed by atoms with Crippen LogP contribution in [0.5, 0.6) is 5.88 Å². The predicted molar refractivity (Wildman–Crippen MR) is 82.2 cm³/mol. The Labute approximate surface area is 125 Å². The van der Waals surface area contributed by atoms with E-state index < -0.39 is 6.10 Å². The minimum atomic E-state index is -0.744. The van der Waals surface area contributed by atoms with Crippen molar-refractivity contribution in [1.82, 2.24) is 9.97 Å². The Morgan fingerprint density at radius 3 is 2.43 bits per heavy atom.